The molecular formula is C22H28N2O4. The number of benzene rings is 2. The molecule has 0 aromatic heterocycles. The van der Waals surface area contributed by atoms with Gasteiger partial charge in [0, 0.05) is 19.0 Å². The topological polar surface area (TPSA) is 76.7 Å². The molecule has 6 heteroatoms. The number of methoxy groups -OCH3 is 1. The van der Waals surface area contributed by atoms with Crippen molar-refractivity contribution >= 4 is 11.8 Å². The van der Waals surface area contributed by atoms with E-state index in [-0.39, 0.29) is 24.0 Å². The number of hydrogen-bond acceptors (Lipinski definition) is 4. The Kier molecular flexibility index (Phi) is 7.44. The first-order chi connectivity index (χ1) is 13.3. The second-order valence-corrected chi connectivity index (χ2v) is 6.88. The third kappa shape index (κ3) is 6.01. The van der Waals surface area contributed by atoms with Gasteiger partial charge < -0.3 is 20.1 Å². The lowest BCUT2D eigenvalue weighted by Crippen LogP contribution is -2.26. The molecule has 6 nitrogen and oxygen atoms in total. The van der Waals surface area contributed by atoms with E-state index in [4.69, 9.17) is 9.47 Å². The molecule has 2 aromatic carbocycles. The first-order valence-corrected chi connectivity index (χ1v) is 9.29. The van der Waals surface area contributed by atoms with E-state index in [1.807, 2.05) is 51.1 Å². The maximum absolute atomic E-state index is 12.5. The SMILES string of the molecule is COc1cc(C(C)NC(=O)c2ccc(CNC(C)=O)cc2)ccc1OC(C)C. The minimum Gasteiger partial charge on any atom is -0.493 e. The molecule has 0 spiro atoms. The summed E-state index contributed by atoms with van der Waals surface area (Å²) in [6, 6.07) is 12.6. The van der Waals surface area contributed by atoms with E-state index in [1.165, 1.54) is 6.92 Å². The quantitative estimate of drug-likeness (QED) is 0.729. The molecule has 2 N–H and O–H groups in total. The van der Waals surface area contributed by atoms with E-state index in [0.717, 1.165) is 11.1 Å². The molecule has 0 radical (unpaired) electrons. The van der Waals surface area contributed by atoms with Crippen molar-refractivity contribution in [2.24, 2.45) is 0 Å². The summed E-state index contributed by atoms with van der Waals surface area (Å²) in [5, 5.41) is 5.72. The third-order valence-corrected chi connectivity index (χ3v) is 4.16. The number of carbonyl (C=O) groups excluding carboxylic acids is 2. The second kappa shape index (κ2) is 9.78. The highest BCUT2D eigenvalue weighted by molar-refractivity contribution is 5.94. The molecule has 0 fully saturated rings. The molecule has 0 aliphatic carbocycles. The van der Waals surface area contributed by atoms with Crippen molar-refractivity contribution in [3.8, 4) is 11.5 Å². The summed E-state index contributed by atoms with van der Waals surface area (Å²) in [4.78, 5) is 23.5. The summed E-state index contributed by atoms with van der Waals surface area (Å²) in [6.07, 6.45) is 0.0468. The van der Waals surface area contributed by atoms with Crippen LogP contribution in [0.4, 0.5) is 0 Å². The van der Waals surface area contributed by atoms with Crippen LogP contribution in [0.25, 0.3) is 0 Å². The molecule has 150 valence electrons. The summed E-state index contributed by atoms with van der Waals surface area (Å²) >= 11 is 0. The minimum absolute atomic E-state index is 0.0468. The Balaban J connectivity index is 2.04. The molecule has 2 aromatic rings. The van der Waals surface area contributed by atoms with Crippen molar-refractivity contribution in [2.45, 2.75) is 46.4 Å². The average molecular weight is 384 g/mol. The van der Waals surface area contributed by atoms with Gasteiger partial charge in [-0.3, -0.25) is 9.59 Å². The molecule has 0 aliphatic rings. The van der Waals surface area contributed by atoms with Crippen LogP contribution in [0.5, 0.6) is 11.5 Å². The summed E-state index contributed by atoms with van der Waals surface area (Å²) in [6.45, 7) is 7.74. The lowest BCUT2D eigenvalue weighted by Gasteiger charge is -2.18. The monoisotopic (exact) mass is 384 g/mol. The number of nitrogens with one attached hydrogen (secondary N) is 2. The lowest BCUT2D eigenvalue weighted by atomic mass is 10.1. The fraction of sp³-hybridized carbons (Fsp3) is 0.364. The molecule has 0 heterocycles. The highest BCUT2D eigenvalue weighted by atomic mass is 16.5. The van der Waals surface area contributed by atoms with Crippen molar-refractivity contribution in [3.63, 3.8) is 0 Å². The number of rotatable bonds is 8. The molecule has 0 aliphatic heterocycles. The highest BCUT2D eigenvalue weighted by Crippen LogP contribution is 2.31. The van der Waals surface area contributed by atoms with Crippen LogP contribution in [-0.2, 0) is 11.3 Å². The molecule has 1 unspecified atom stereocenters. The van der Waals surface area contributed by atoms with Gasteiger partial charge in [0.2, 0.25) is 5.91 Å². The van der Waals surface area contributed by atoms with E-state index >= 15 is 0 Å². The summed E-state index contributed by atoms with van der Waals surface area (Å²) in [5.74, 6) is 1.06. The molecule has 2 amide bonds. The zero-order chi connectivity index (χ0) is 20.7. The molecule has 2 rings (SSSR count). The van der Waals surface area contributed by atoms with Gasteiger partial charge in [-0.15, -0.1) is 0 Å². The van der Waals surface area contributed by atoms with Crippen LogP contribution in [0.15, 0.2) is 42.5 Å². The van der Waals surface area contributed by atoms with Gasteiger partial charge in [-0.2, -0.15) is 0 Å². The van der Waals surface area contributed by atoms with Crippen LogP contribution in [0.3, 0.4) is 0 Å². The van der Waals surface area contributed by atoms with Gasteiger partial charge in [0.1, 0.15) is 0 Å². The van der Waals surface area contributed by atoms with Gasteiger partial charge in [-0.05, 0) is 56.2 Å². The van der Waals surface area contributed by atoms with Crippen LogP contribution < -0.4 is 20.1 Å². The summed E-state index contributed by atoms with van der Waals surface area (Å²) in [7, 11) is 1.60. The van der Waals surface area contributed by atoms with Gasteiger partial charge >= 0.3 is 0 Å². The standard InChI is InChI=1S/C22H28N2O4/c1-14(2)28-20-11-10-19(12-21(20)27-5)15(3)24-22(26)18-8-6-17(7-9-18)13-23-16(4)25/h6-12,14-15H,13H2,1-5H3,(H,23,25)(H,24,26). The van der Waals surface area contributed by atoms with Crippen molar-refractivity contribution < 1.29 is 19.1 Å². The molecule has 1 atom stereocenters. The maximum atomic E-state index is 12.5. The number of ether oxygens (including phenoxy) is 2. The van der Waals surface area contributed by atoms with Crippen molar-refractivity contribution in [1.29, 1.82) is 0 Å². The largest absolute Gasteiger partial charge is 0.493 e. The smallest absolute Gasteiger partial charge is 0.251 e. The zero-order valence-electron chi connectivity index (χ0n) is 17.0. The van der Waals surface area contributed by atoms with Gasteiger partial charge in [-0.25, -0.2) is 0 Å². The normalized spacial score (nSPS) is 11.6. The molecule has 0 saturated carbocycles. The van der Waals surface area contributed by atoms with E-state index in [9.17, 15) is 9.59 Å². The molecule has 28 heavy (non-hydrogen) atoms. The first-order valence-electron chi connectivity index (χ1n) is 9.29. The lowest BCUT2D eigenvalue weighted by molar-refractivity contribution is -0.119. The van der Waals surface area contributed by atoms with Crippen LogP contribution >= 0.6 is 0 Å². The number of carbonyl (C=O) groups is 2. The van der Waals surface area contributed by atoms with Crippen LogP contribution in [-0.4, -0.2) is 25.0 Å². The van der Waals surface area contributed by atoms with Crippen LogP contribution in [0.1, 0.15) is 55.2 Å². The Labute approximate surface area is 166 Å². The van der Waals surface area contributed by atoms with Gasteiger partial charge in [0.05, 0.1) is 19.3 Å². The Morgan fingerprint density at radius 1 is 1.00 bits per heavy atom. The molecule has 0 saturated heterocycles. The number of hydrogen-bond donors (Lipinski definition) is 2. The fourth-order valence-electron chi connectivity index (χ4n) is 2.67. The van der Waals surface area contributed by atoms with Crippen LogP contribution in [0, 0.1) is 0 Å². The van der Waals surface area contributed by atoms with Crippen molar-refractivity contribution in [3.05, 3.63) is 59.2 Å². The Hall–Kier alpha value is -3.02. The van der Waals surface area contributed by atoms with E-state index in [0.29, 0.717) is 23.6 Å². The van der Waals surface area contributed by atoms with E-state index < -0.39 is 0 Å². The van der Waals surface area contributed by atoms with Crippen molar-refractivity contribution in [1.82, 2.24) is 10.6 Å². The van der Waals surface area contributed by atoms with Gasteiger partial charge in [0.25, 0.3) is 5.91 Å². The van der Waals surface area contributed by atoms with Gasteiger partial charge in [-0.1, -0.05) is 18.2 Å². The Morgan fingerprint density at radius 2 is 1.68 bits per heavy atom. The van der Waals surface area contributed by atoms with Crippen molar-refractivity contribution in [2.75, 3.05) is 7.11 Å². The molecule has 0 bridgehead atoms. The number of amides is 2. The Morgan fingerprint density at radius 3 is 2.25 bits per heavy atom. The third-order valence-electron chi connectivity index (χ3n) is 4.16. The van der Waals surface area contributed by atoms with Crippen LogP contribution in [0.2, 0.25) is 0 Å². The van der Waals surface area contributed by atoms with E-state index in [1.54, 1.807) is 19.2 Å². The average Bonchev–Trinajstić information content (AvgIpc) is 2.66. The highest BCUT2D eigenvalue weighted by Gasteiger charge is 2.15. The Bertz CT molecular complexity index is 816. The van der Waals surface area contributed by atoms with E-state index in [2.05, 4.69) is 10.6 Å². The maximum Gasteiger partial charge on any atom is 0.251 e. The molecular weight excluding hydrogens is 356 g/mol. The summed E-state index contributed by atoms with van der Waals surface area (Å²) < 4.78 is 11.1. The fourth-order valence-corrected chi connectivity index (χ4v) is 2.67. The minimum atomic E-state index is -0.200. The predicted molar refractivity (Wildman–Crippen MR) is 109 cm³/mol. The second-order valence-electron chi connectivity index (χ2n) is 6.88. The first kappa shape index (κ1) is 21.3. The summed E-state index contributed by atoms with van der Waals surface area (Å²) in [5.41, 5.74) is 2.42. The van der Waals surface area contributed by atoms with Gasteiger partial charge in [0.15, 0.2) is 11.5 Å². The predicted octanol–water partition coefficient (Wildman–Crippen LogP) is 3.61. The zero-order valence-corrected chi connectivity index (χ0v) is 17.0.